The van der Waals surface area contributed by atoms with E-state index in [4.69, 9.17) is 4.43 Å². The zero-order valence-electron chi connectivity index (χ0n) is 13.3. The number of nitrogens with zero attached hydrogens (tertiary/aromatic N) is 1. The van der Waals surface area contributed by atoms with Crippen molar-refractivity contribution in [3.63, 3.8) is 0 Å². The van der Waals surface area contributed by atoms with Crippen molar-refractivity contribution in [3.05, 3.63) is 0 Å². The third-order valence-corrected chi connectivity index (χ3v) is 10.6. The molecule has 0 amide bonds. The molecule has 20 heavy (non-hydrogen) atoms. The highest BCUT2D eigenvalue weighted by Crippen LogP contribution is 2.36. The molecule has 1 aliphatic heterocycles. The molecule has 1 atom stereocenters. The van der Waals surface area contributed by atoms with Gasteiger partial charge >= 0.3 is 0 Å². The summed E-state index contributed by atoms with van der Waals surface area (Å²) in [7, 11) is -4.81. The average Bonchev–Trinajstić information content (AvgIpc) is 2.30. The molecule has 7 heteroatoms. The maximum absolute atomic E-state index is 13.3. The predicted octanol–water partition coefficient (Wildman–Crippen LogP) is 2.08. The Kier molecular flexibility index (Phi) is 5.80. The first-order valence-electron chi connectivity index (χ1n) is 7.13. The van der Waals surface area contributed by atoms with E-state index in [1.54, 1.807) is 0 Å². The lowest BCUT2D eigenvalue weighted by Crippen LogP contribution is -2.51. The highest BCUT2D eigenvalue weighted by molar-refractivity contribution is 7.91. The third-order valence-electron chi connectivity index (χ3n) is 4.52. The molecule has 0 aliphatic carbocycles. The molecular weight excluding hydrogens is 297 g/mol. The van der Waals surface area contributed by atoms with Crippen LogP contribution in [0.5, 0.6) is 0 Å². The third kappa shape index (κ3) is 4.79. The minimum atomic E-state index is -2.92. The van der Waals surface area contributed by atoms with Crippen molar-refractivity contribution in [2.45, 2.75) is 44.9 Å². The van der Waals surface area contributed by atoms with Crippen molar-refractivity contribution in [1.29, 1.82) is 0 Å². The highest BCUT2D eigenvalue weighted by Gasteiger charge is 2.38. The molecule has 1 aliphatic rings. The van der Waals surface area contributed by atoms with Gasteiger partial charge in [0, 0.05) is 13.1 Å². The Labute approximate surface area is 123 Å². The van der Waals surface area contributed by atoms with Crippen LogP contribution in [0.4, 0.5) is 4.39 Å². The van der Waals surface area contributed by atoms with E-state index in [1.807, 2.05) is 4.90 Å². The Morgan fingerprint density at radius 2 is 1.75 bits per heavy atom. The summed E-state index contributed by atoms with van der Waals surface area (Å²) in [6, 6.07) is -0.320. The SMILES string of the molecule is CC(C)(C)[Si](C)(C)OC[C@@H](CF)N1CCS(=O)(=O)CC1. The zero-order valence-corrected chi connectivity index (χ0v) is 15.1. The minimum absolute atomic E-state index is 0.0963. The van der Waals surface area contributed by atoms with Crippen LogP contribution in [0.1, 0.15) is 20.8 Å². The lowest BCUT2D eigenvalue weighted by Gasteiger charge is -2.39. The normalized spacial score (nSPS) is 22.7. The monoisotopic (exact) mass is 325 g/mol. The molecule has 1 saturated heterocycles. The lowest BCUT2D eigenvalue weighted by atomic mass is 10.2. The van der Waals surface area contributed by atoms with Gasteiger partial charge in [-0.2, -0.15) is 0 Å². The first-order chi connectivity index (χ1) is 8.98. The Hall–Kier alpha value is 0.0169. The number of hydrogen-bond donors (Lipinski definition) is 0. The Morgan fingerprint density at radius 3 is 2.15 bits per heavy atom. The van der Waals surface area contributed by atoms with Crippen molar-refractivity contribution >= 4 is 18.2 Å². The van der Waals surface area contributed by atoms with E-state index in [0.29, 0.717) is 19.7 Å². The van der Waals surface area contributed by atoms with Crippen molar-refractivity contribution in [2.24, 2.45) is 0 Å². The van der Waals surface area contributed by atoms with Crippen LogP contribution in [0, 0.1) is 0 Å². The smallest absolute Gasteiger partial charge is 0.192 e. The molecule has 0 bridgehead atoms. The molecule has 4 nitrogen and oxygen atoms in total. The van der Waals surface area contributed by atoms with Gasteiger partial charge in [0.05, 0.1) is 24.2 Å². The van der Waals surface area contributed by atoms with Crippen molar-refractivity contribution < 1.29 is 17.2 Å². The second-order valence-corrected chi connectivity index (χ2v) is 14.2. The molecule has 1 fully saturated rings. The summed E-state index contributed by atoms with van der Waals surface area (Å²) in [6.07, 6.45) is 0. The number of halogens is 1. The van der Waals surface area contributed by atoms with E-state index in [0.717, 1.165) is 0 Å². The van der Waals surface area contributed by atoms with Gasteiger partial charge in [-0.3, -0.25) is 4.90 Å². The van der Waals surface area contributed by atoms with Crippen molar-refractivity contribution in [3.8, 4) is 0 Å². The van der Waals surface area contributed by atoms with Crippen molar-refractivity contribution in [2.75, 3.05) is 37.9 Å². The van der Waals surface area contributed by atoms with Crippen LogP contribution in [0.2, 0.25) is 18.1 Å². The number of hydrogen-bond acceptors (Lipinski definition) is 4. The summed E-state index contributed by atoms with van der Waals surface area (Å²) in [5.74, 6) is 0.257. The molecule has 0 radical (unpaired) electrons. The summed E-state index contributed by atoms with van der Waals surface area (Å²) in [5.41, 5.74) is 0. The fraction of sp³-hybridized carbons (Fsp3) is 1.00. The molecule has 0 saturated carbocycles. The summed E-state index contributed by atoms with van der Waals surface area (Å²) in [5, 5.41) is 0.0963. The molecular formula is C13H28FNO3SSi. The van der Waals surface area contributed by atoms with E-state index in [-0.39, 0.29) is 22.6 Å². The number of rotatable bonds is 5. The van der Waals surface area contributed by atoms with Gasteiger partial charge < -0.3 is 4.43 Å². The second kappa shape index (κ2) is 6.42. The van der Waals surface area contributed by atoms with Crippen LogP contribution in [0.15, 0.2) is 0 Å². The summed E-state index contributed by atoms with van der Waals surface area (Å²) in [4.78, 5) is 1.91. The quantitative estimate of drug-likeness (QED) is 0.726. The molecule has 0 aromatic carbocycles. The summed E-state index contributed by atoms with van der Waals surface area (Å²) < 4.78 is 42.1. The molecule has 1 rings (SSSR count). The average molecular weight is 326 g/mol. The van der Waals surface area contributed by atoms with E-state index >= 15 is 0 Å². The maximum atomic E-state index is 13.3. The predicted molar refractivity (Wildman–Crippen MR) is 83.1 cm³/mol. The zero-order chi connectivity index (χ0) is 15.6. The molecule has 0 aromatic heterocycles. The molecule has 0 spiro atoms. The van der Waals surface area contributed by atoms with Crippen LogP contribution in [0.3, 0.4) is 0 Å². The van der Waals surface area contributed by atoms with Crippen LogP contribution in [0.25, 0.3) is 0 Å². The van der Waals surface area contributed by atoms with E-state index in [1.165, 1.54) is 0 Å². The first-order valence-corrected chi connectivity index (χ1v) is 11.9. The van der Waals surface area contributed by atoms with Crippen LogP contribution in [-0.2, 0) is 14.3 Å². The largest absolute Gasteiger partial charge is 0.415 e. The van der Waals surface area contributed by atoms with Gasteiger partial charge in [-0.15, -0.1) is 0 Å². The van der Waals surface area contributed by atoms with Gasteiger partial charge in [0.1, 0.15) is 6.67 Å². The highest BCUT2D eigenvalue weighted by atomic mass is 32.2. The Balaban J connectivity index is 2.57. The van der Waals surface area contributed by atoms with E-state index in [9.17, 15) is 12.8 Å². The minimum Gasteiger partial charge on any atom is -0.415 e. The topological polar surface area (TPSA) is 46.6 Å². The Morgan fingerprint density at radius 1 is 1.25 bits per heavy atom. The fourth-order valence-electron chi connectivity index (χ4n) is 1.86. The fourth-order valence-corrected chi connectivity index (χ4v) is 4.13. The van der Waals surface area contributed by atoms with Gasteiger partial charge in [0.25, 0.3) is 0 Å². The van der Waals surface area contributed by atoms with Gasteiger partial charge in [-0.25, -0.2) is 12.8 Å². The van der Waals surface area contributed by atoms with Crippen molar-refractivity contribution in [1.82, 2.24) is 4.90 Å². The van der Waals surface area contributed by atoms with E-state index < -0.39 is 24.8 Å². The Bertz CT molecular complexity index is 406. The molecule has 0 unspecified atom stereocenters. The molecule has 1 heterocycles. The summed E-state index contributed by atoms with van der Waals surface area (Å²) >= 11 is 0. The molecule has 120 valence electrons. The van der Waals surface area contributed by atoms with Crippen LogP contribution in [-0.4, -0.2) is 65.6 Å². The van der Waals surface area contributed by atoms with Crippen LogP contribution < -0.4 is 0 Å². The van der Waals surface area contributed by atoms with Gasteiger partial charge in [0.15, 0.2) is 18.2 Å². The number of alkyl halides is 1. The maximum Gasteiger partial charge on any atom is 0.192 e. The molecule has 0 aromatic rings. The van der Waals surface area contributed by atoms with Crippen LogP contribution >= 0.6 is 0 Å². The summed E-state index contributed by atoms with van der Waals surface area (Å²) in [6.45, 7) is 11.4. The second-order valence-electron chi connectivity index (χ2n) is 7.07. The van der Waals surface area contributed by atoms with Gasteiger partial charge in [-0.1, -0.05) is 20.8 Å². The van der Waals surface area contributed by atoms with E-state index in [2.05, 4.69) is 33.9 Å². The number of sulfone groups is 1. The first kappa shape index (κ1) is 18.1. The van der Waals surface area contributed by atoms with Gasteiger partial charge in [0.2, 0.25) is 0 Å². The molecule has 0 N–H and O–H groups in total. The lowest BCUT2D eigenvalue weighted by molar-refractivity contribution is 0.113. The standard InChI is InChI=1S/C13H28FNO3SSi/c1-13(2,3)20(4,5)18-11-12(10-14)15-6-8-19(16,17)9-7-15/h12H,6-11H2,1-5H3/t12-/m1/s1. The van der Waals surface area contributed by atoms with Gasteiger partial charge in [-0.05, 0) is 18.1 Å².